The van der Waals surface area contributed by atoms with E-state index in [4.69, 9.17) is 4.42 Å². The van der Waals surface area contributed by atoms with Crippen molar-refractivity contribution in [2.75, 3.05) is 0 Å². The van der Waals surface area contributed by atoms with Crippen molar-refractivity contribution in [3.8, 4) is 11.3 Å². The van der Waals surface area contributed by atoms with E-state index in [1.54, 1.807) is 6.07 Å². The van der Waals surface area contributed by atoms with E-state index < -0.39 is 5.97 Å². The van der Waals surface area contributed by atoms with Crippen molar-refractivity contribution in [1.82, 2.24) is 0 Å². The van der Waals surface area contributed by atoms with Gasteiger partial charge in [-0.2, -0.15) is 0 Å². The monoisotopic (exact) mass is 244 g/mol. The van der Waals surface area contributed by atoms with Crippen molar-refractivity contribution in [1.29, 1.82) is 0 Å². The Morgan fingerprint density at radius 2 is 1.78 bits per heavy atom. The first kappa shape index (κ1) is 12.4. The molecule has 0 aliphatic heterocycles. The van der Waals surface area contributed by atoms with Crippen LogP contribution in [0, 0.1) is 0 Å². The SMILES string of the molecule is CC(C)(C)c1oc(-c2ccccc2)cc1C(=O)O. The molecular formula is C15H16O3. The average molecular weight is 244 g/mol. The second-order valence-electron chi connectivity index (χ2n) is 5.27. The Bertz CT molecular complexity index is 559. The van der Waals surface area contributed by atoms with Crippen LogP contribution in [0.25, 0.3) is 11.3 Å². The summed E-state index contributed by atoms with van der Waals surface area (Å²) in [5.74, 6) is 0.151. The van der Waals surface area contributed by atoms with Gasteiger partial charge in [0.15, 0.2) is 0 Å². The van der Waals surface area contributed by atoms with Crippen LogP contribution in [-0.4, -0.2) is 11.1 Å². The first-order valence-corrected chi connectivity index (χ1v) is 5.82. The molecule has 0 aliphatic carbocycles. The molecule has 0 fully saturated rings. The van der Waals surface area contributed by atoms with Gasteiger partial charge in [0.05, 0.1) is 0 Å². The van der Waals surface area contributed by atoms with Gasteiger partial charge in [-0.05, 0) is 6.07 Å². The minimum Gasteiger partial charge on any atom is -0.478 e. The molecule has 0 amide bonds. The minimum absolute atomic E-state index is 0.237. The fourth-order valence-corrected chi connectivity index (χ4v) is 1.85. The molecule has 0 radical (unpaired) electrons. The number of benzene rings is 1. The summed E-state index contributed by atoms with van der Waals surface area (Å²) >= 11 is 0. The Morgan fingerprint density at radius 1 is 1.17 bits per heavy atom. The summed E-state index contributed by atoms with van der Waals surface area (Å²) in [7, 11) is 0. The Balaban J connectivity index is 2.57. The standard InChI is InChI=1S/C15H16O3/c1-15(2,3)13-11(14(16)17)9-12(18-13)10-7-5-4-6-8-10/h4-9H,1-3H3,(H,16,17). The van der Waals surface area contributed by atoms with Gasteiger partial charge in [-0.1, -0.05) is 51.1 Å². The third-order valence-corrected chi connectivity index (χ3v) is 2.70. The lowest BCUT2D eigenvalue weighted by atomic mass is 9.90. The maximum Gasteiger partial charge on any atom is 0.339 e. The van der Waals surface area contributed by atoms with Gasteiger partial charge in [-0.25, -0.2) is 4.79 Å². The van der Waals surface area contributed by atoms with Crippen molar-refractivity contribution in [2.45, 2.75) is 26.2 Å². The molecule has 0 unspecified atom stereocenters. The second kappa shape index (κ2) is 4.33. The molecule has 2 rings (SSSR count). The van der Waals surface area contributed by atoms with Gasteiger partial charge in [0.2, 0.25) is 0 Å². The van der Waals surface area contributed by atoms with Crippen molar-refractivity contribution in [3.63, 3.8) is 0 Å². The zero-order valence-corrected chi connectivity index (χ0v) is 10.7. The highest BCUT2D eigenvalue weighted by Crippen LogP contribution is 2.33. The molecule has 0 atom stereocenters. The Morgan fingerprint density at radius 3 is 2.22 bits per heavy atom. The summed E-state index contributed by atoms with van der Waals surface area (Å²) in [4.78, 5) is 11.3. The molecule has 0 spiro atoms. The molecule has 2 aromatic rings. The molecule has 18 heavy (non-hydrogen) atoms. The Labute approximate surface area is 106 Å². The third kappa shape index (κ3) is 2.30. The number of carboxylic acids is 1. The summed E-state index contributed by atoms with van der Waals surface area (Å²) in [5.41, 5.74) is 0.790. The van der Waals surface area contributed by atoms with Crippen LogP contribution in [0.4, 0.5) is 0 Å². The molecule has 3 nitrogen and oxygen atoms in total. The largest absolute Gasteiger partial charge is 0.478 e. The maximum atomic E-state index is 11.3. The van der Waals surface area contributed by atoms with E-state index in [0.717, 1.165) is 5.56 Å². The fourth-order valence-electron chi connectivity index (χ4n) is 1.85. The average Bonchev–Trinajstić information content (AvgIpc) is 2.74. The van der Waals surface area contributed by atoms with E-state index >= 15 is 0 Å². The number of aromatic carboxylic acids is 1. The maximum absolute atomic E-state index is 11.3. The van der Waals surface area contributed by atoms with Crippen LogP contribution < -0.4 is 0 Å². The number of carboxylic acid groups (broad SMARTS) is 1. The summed E-state index contributed by atoms with van der Waals surface area (Å²) in [6, 6.07) is 11.1. The number of furan rings is 1. The predicted molar refractivity (Wildman–Crippen MR) is 69.8 cm³/mol. The first-order chi connectivity index (χ1) is 8.39. The Hall–Kier alpha value is -2.03. The van der Waals surface area contributed by atoms with Crippen LogP contribution in [0.1, 0.15) is 36.9 Å². The number of rotatable bonds is 2. The molecule has 0 bridgehead atoms. The first-order valence-electron chi connectivity index (χ1n) is 5.82. The van der Waals surface area contributed by atoms with Crippen LogP contribution in [0.5, 0.6) is 0 Å². The van der Waals surface area contributed by atoms with E-state index in [9.17, 15) is 9.90 Å². The van der Waals surface area contributed by atoms with E-state index in [0.29, 0.717) is 11.5 Å². The second-order valence-corrected chi connectivity index (χ2v) is 5.27. The topological polar surface area (TPSA) is 50.4 Å². The highest BCUT2D eigenvalue weighted by Gasteiger charge is 2.27. The smallest absolute Gasteiger partial charge is 0.339 e. The fraction of sp³-hybridized carbons (Fsp3) is 0.267. The zero-order chi connectivity index (χ0) is 13.3. The van der Waals surface area contributed by atoms with Gasteiger partial charge >= 0.3 is 5.97 Å². The minimum atomic E-state index is -0.953. The van der Waals surface area contributed by atoms with E-state index in [2.05, 4.69) is 0 Å². The quantitative estimate of drug-likeness (QED) is 0.870. The summed E-state index contributed by atoms with van der Waals surface area (Å²) in [6.07, 6.45) is 0. The van der Waals surface area contributed by atoms with Gasteiger partial charge < -0.3 is 9.52 Å². The Kier molecular flexibility index (Phi) is 2.99. The van der Waals surface area contributed by atoms with Crippen LogP contribution in [0.3, 0.4) is 0 Å². The van der Waals surface area contributed by atoms with Crippen LogP contribution in [0.2, 0.25) is 0 Å². The summed E-state index contributed by atoms with van der Waals surface area (Å²) in [5, 5.41) is 9.23. The molecule has 1 aromatic carbocycles. The van der Waals surface area contributed by atoms with Crippen LogP contribution >= 0.6 is 0 Å². The van der Waals surface area contributed by atoms with Gasteiger partial charge in [0, 0.05) is 11.0 Å². The molecule has 0 saturated heterocycles. The van der Waals surface area contributed by atoms with E-state index in [1.165, 1.54) is 0 Å². The zero-order valence-electron chi connectivity index (χ0n) is 10.7. The molecule has 3 heteroatoms. The highest BCUT2D eigenvalue weighted by molar-refractivity contribution is 5.90. The molecule has 1 aromatic heterocycles. The van der Waals surface area contributed by atoms with Crippen molar-refractivity contribution < 1.29 is 14.3 Å². The lowest BCUT2D eigenvalue weighted by Crippen LogP contribution is -2.14. The molecule has 1 heterocycles. The molecule has 0 aliphatic rings. The molecule has 0 saturated carbocycles. The van der Waals surface area contributed by atoms with Crippen molar-refractivity contribution in [3.05, 3.63) is 47.7 Å². The molecule has 94 valence electrons. The number of hydrogen-bond acceptors (Lipinski definition) is 2. The van der Waals surface area contributed by atoms with E-state index in [-0.39, 0.29) is 11.0 Å². The van der Waals surface area contributed by atoms with Gasteiger partial charge in [0.1, 0.15) is 17.1 Å². The molecule has 1 N–H and O–H groups in total. The highest BCUT2D eigenvalue weighted by atomic mass is 16.4. The number of hydrogen-bond donors (Lipinski definition) is 1. The molecular weight excluding hydrogens is 228 g/mol. The van der Waals surface area contributed by atoms with Gasteiger partial charge in [-0.15, -0.1) is 0 Å². The van der Waals surface area contributed by atoms with E-state index in [1.807, 2.05) is 51.1 Å². The van der Waals surface area contributed by atoms with Gasteiger partial charge in [0.25, 0.3) is 0 Å². The number of carbonyl (C=O) groups is 1. The van der Waals surface area contributed by atoms with Crippen molar-refractivity contribution >= 4 is 5.97 Å². The lowest BCUT2D eigenvalue weighted by Gasteiger charge is -2.15. The predicted octanol–water partition coefficient (Wildman–Crippen LogP) is 3.94. The summed E-state index contributed by atoms with van der Waals surface area (Å²) in [6.45, 7) is 5.81. The normalized spacial score (nSPS) is 11.5. The van der Waals surface area contributed by atoms with Gasteiger partial charge in [-0.3, -0.25) is 0 Å². The van der Waals surface area contributed by atoms with Crippen LogP contribution in [0.15, 0.2) is 40.8 Å². The van der Waals surface area contributed by atoms with Crippen LogP contribution in [-0.2, 0) is 5.41 Å². The lowest BCUT2D eigenvalue weighted by molar-refractivity contribution is 0.0692. The van der Waals surface area contributed by atoms with Crippen molar-refractivity contribution in [2.24, 2.45) is 0 Å². The third-order valence-electron chi connectivity index (χ3n) is 2.70. The summed E-state index contributed by atoms with van der Waals surface area (Å²) < 4.78 is 5.75.